The number of aromatic amines is 1. The molecule has 0 atom stereocenters. The van der Waals surface area contributed by atoms with Crippen molar-refractivity contribution in [3.05, 3.63) is 87.2 Å². The fourth-order valence-electron chi connectivity index (χ4n) is 4.29. The van der Waals surface area contributed by atoms with E-state index in [-0.39, 0.29) is 16.4 Å². The minimum absolute atomic E-state index is 0.131. The van der Waals surface area contributed by atoms with Crippen LogP contribution in [0.25, 0.3) is 11.2 Å². The number of fused-ring (bicyclic) bond motifs is 1. The summed E-state index contributed by atoms with van der Waals surface area (Å²) in [6.45, 7) is 16.3. The number of ether oxygens (including phenoxy) is 1. The maximum Gasteiger partial charge on any atom is 0.277 e. The molecule has 2 aromatic carbocycles. The van der Waals surface area contributed by atoms with Gasteiger partial charge in [-0.25, -0.2) is 9.97 Å². The average Bonchev–Trinajstić information content (AvgIpc) is 3.20. The second kappa shape index (κ2) is 9.33. The molecule has 0 amide bonds. The number of benzene rings is 2. The molecule has 2 heterocycles. The highest BCUT2D eigenvalue weighted by molar-refractivity contribution is 5.69. The molecule has 6 heteroatoms. The van der Waals surface area contributed by atoms with Crippen molar-refractivity contribution in [2.75, 3.05) is 0 Å². The highest BCUT2D eigenvalue weighted by Crippen LogP contribution is 2.41. The lowest BCUT2D eigenvalue weighted by molar-refractivity contribution is 0.288. The largest absolute Gasteiger partial charge is 0.488 e. The predicted molar refractivity (Wildman–Crippen MR) is 141 cm³/mol. The number of rotatable bonds is 6. The van der Waals surface area contributed by atoms with Crippen LogP contribution in [-0.4, -0.2) is 19.5 Å². The number of hydrogen-bond acceptors (Lipinski definition) is 4. The number of H-pyrrole nitrogens is 1. The Hall–Kier alpha value is -3.41. The van der Waals surface area contributed by atoms with Crippen molar-refractivity contribution in [3.63, 3.8) is 0 Å². The zero-order valence-electron chi connectivity index (χ0n) is 21.9. The average molecular weight is 473 g/mol. The molecule has 0 saturated heterocycles. The van der Waals surface area contributed by atoms with E-state index in [1.807, 2.05) is 29.7 Å². The van der Waals surface area contributed by atoms with Gasteiger partial charge < -0.3 is 14.3 Å². The molecule has 1 N–H and O–H groups in total. The Morgan fingerprint density at radius 2 is 1.57 bits per heavy atom. The van der Waals surface area contributed by atoms with Gasteiger partial charge in [-0.3, -0.25) is 4.79 Å². The highest BCUT2D eigenvalue weighted by Gasteiger charge is 2.28. The van der Waals surface area contributed by atoms with Crippen molar-refractivity contribution in [1.29, 1.82) is 0 Å². The first-order valence-electron chi connectivity index (χ1n) is 12.3. The lowest BCUT2D eigenvalue weighted by Crippen LogP contribution is -2.21. The lowest BCUT2D eigenvalue weighted by atomic mass is 9.78. The monoisotopic (exact) mass is 472 g/mol. The Morgan fingerprint density at radius 1 is 0.943 bits per heavy atom. The van der Waals surface area contributed by atoms with E-state index < -0.39 is 0 Å². The van der Waals surface area contributed by atoms with Crippen LogP contribution in [0.1, 0.15) is 76.5 Å². The number of aryl methyl sites for hydroxylation is 1. The van der Waals surface area contributed by atoms with E-state index in [0.717, 1.165) is 28.0 Å². The Kier molecular flexibility index (Phi) is 6.58. The van der Waals surface area contributed by atoms with E-state index in [4.69, 9.17) is 4.74 Å². The first kappa shape index (κ1) is 24.7. The molecule has 0 fully saturated rings. The molecule has 184 valence electrons. The van der Waals surface area contributed by atoms with Crippen LogP contribution in [0.3, 0.4) is 0 Å². The van der Waals surface area contributed by atoms with Crippen LogP contribution in [0.5, 0.6) is 5.75 Å². The third-order valence-corrected chi connectivity index (χ3v) is 6.21. The SMILES string of the molecule is CCc1nc2ncn(Cc3cc(C(C)(C)C)c(OCc4ccccc4)c(C(C)(C)C)c3)c2c(=O)[nH]1. The Morgan fingerprint density at radius 3 is 2.14 bits per heavy atom. The topological polar surface area (TPSA) is 72.8 Å². The molecule has 0 spiro atoms. The number of aromatic nitrogens is 4. The summed E-state index contributed by atoms with van der Waals surface area (Å²) in [5, 5.41) is 0. The molecule has 0 radical (unpaired) electrons. The van der Waals surface area contributed by atoms with Gasteiger partial charge in [-0.1, -0.05) is 78.8 Å². The van der Waals surface area contributed by atoms with E-state index in [2.05, 4.69) is 80.8 Å². The van der Waals surface area contributed by atoms with Crippen molar-refractivity contribution in [2.45, 2.75) is 78.9 Å². The van der Waals surface area contributed by atoms with E-state index in [0.29, 0.717) is 36.6 Å². The number of imidazole rings is 1. The third kappa shape index (κ3) is 5.31. The predicted octanol–water partition coefficient (Wildman–Crippen LogP) is 5.90. The van der Waals surface area contributed by atoms with Crippen LogP contribution in [0, 0.1) is 0 Å². The van der Waals surface area contributed by atoms with E-state index in [1.165, 1.54) is 0 Å². The first-order chi connectivity index (χ1) is 16.5. The fourth-order valence-corrected chi connectivity index (χ4v) is 4.29. The summed E-state index contributed by atoms with van der Waals surface area (Å²) < 4.78 is 8.42. The van der Waals surface area contributed by atoms with Gasteiger partial charge in [0.25, 0.3) is 5.56 Å². The van der Waals surface area contributed by atoms with Gasteiger partial charge in [-0.05, 0) is 34.1 Å². The van der Waals surface area contributed by atoms with Crippen LogP contribution in [0.15, 0.2) is 53.6 Å². The van der Waals surface area contributed by atoms with Crippen LogP contribution >= 0.6 is 0 Å². The second-order valence-electron chi connectivity index (χ2n) is 11.2. The second-order valence-corrected chi connectivity index (χ2v) is 11.2. The molecule has 0 aliphatic carbocycles. The summed E-state index contributed by atoms with van der Waals surface area (Å²) in [4.78, 5) is 24.6. The maximum absolute atomic E-state index is 12.8. The summed E-state index contributed by atoms with van der Waals surface area (Å²) in [6.07, 6.45) is 2.37. The third-order valence-electron chi connectivity index (χ3n) is 6.21. The van der Waals surface area contributed by atoms with Crippen molar-refractivity contribution >= 4 is 11.2 Å². The number of nitrogens with one attached hydrogen (secondary N) is 1. The molecule has 35 heavy (non-hydrogen) atoms. The van der Waals surface area contributed by atoms with Crippen molar-refractivity contribution in [2.24, 2.45) is 0 Å². The van der Waals surface area contributed by atoms with Crippen LogP contribution in [0.2, 0.25) is 0 Å². The summed E-state index contributed by atoms with van der Waals surface area (Å²) in [7, 11) is 0. The zero-order chi connectivity index (χ0) is 25.4. The molecule has 6 nitrogen and oxygen atoms in total. The molecular formula is C29H36N4O2. The van der Waals surface area contributed by atoms with Crippen LogP contribution in [-0.2, 0) is 30.4 Å². The molecule has 0 saturated carbocycles. The maximum atomic E-state index is 12.8. The van der Waals surface area contributed by atoms with Crippen LogP contribution < -0.4 is 10.3 Å². The summed E-state index contributed by atoms with van der Waals surface area (Å²) in [5.74, 6) is 1.60. The molecule has 0 bridgehead atoms. The molecule has 4 rings (SSSR count). The van der Waals surface area contributed by atoms with Gasteiger partial charge in [0.15, 0.2) is 11.2 Å². The first-order valence-corrected chi connectivity index (χ1v) is 12.3. The molecule has 4 aromatic rings. The van der Waals surface area contributed by atoms with Crippen LogP contribution in [0.4, 0.5) is 0 Å². The zero-order valence-corrected chi connectivity index (χ0v) is 21.9. The molecular weight excluding hydrogens is 436 g/mol. The Balaban J connectivity index is 1.80. The minimum Gasteiger partial charge on any atom is -0.488 e. The molecule has 2 aromatic heterocycles. The Bertz CT molecular complexity index is 1350. The van der Waals surface area contributed by atoms with Crippen molar-refractivity contribution in [3.8, 4) is 5.75 Å². The summed E-state index contributed by atoms with van der Waals surface area (Å²) >= 11 is 0. The molecule has 0 aliphatic rings. The summed E-state index contributed by atoms with van der Waals surface area (Å²) in [5.41, 5.74) is 5.12. The van der Waals surface area contributed by atoms with E-state index in [1.54, 1.807) is 6.33 Å². The van der Waals surface area contributed by atoms with Crippen molar-refractivity contribution in [1.82, 2.24) is 19.5 Å². The standard InChI is InChI=1S/C29H36N4O2/c1-8-23-31-26-24(27(34)32-23)33(18-30-26)16-20-14-21(28(2,3)4)25(22(15-20)29(5,6)7)35-17-19-12-10-9-11-13-19/h9-15,18H,8,16-17H2,1-7H3,(H,31,32,34). The molecule has 0 aliphatic heterocycles. The van der Waals surface area contributed by atoms with Crippen molar-refractivity contribution < 1.29 is 4.74 Å². The quantitative estimate of drug-likeness (QED) is 0.379. The minimum atomic E-state index is -0.153. The van der Waals surface area contributed by atoms with Gasteiger partial charge in [0, 0.05) is 24.1 Å². The Labute approximate surface area is 207 Å². The number of hydrogen-bond donors (Lipinski definition) is 1. The highest BCUT2D eigenvalue weighted by atomic mass is 16.5. The van der Waals surface area contributed by atoms with Gasteiger partial charge in [0.1, 0.15) is 18.2 Å². The fraction of sp³-hybridized carbons (Fsp3) is 0.414. The normalized spacial score (nSPS) is 12.3. The smallest absolute Gasteiger partial charge is 0.277 e. The van der Waals surface area contributed by atoms with Gasteiger partial charge in [-0.2, -0.15) is 0 Å². The number of nitrogens with zero attached hydrogens (tertiary/aromatic N) is 3. The molecule has 0 unspecified atom stereocenters. The van der Waals surface area contributed by atoms with E-state index in [9.17, 15) is 4.79 Å². The van der Waals surface area contributed by atoms with E-state index >= 15 is 0 Å². The lowest BCUT2D eigenvalue weighted by Gasteiger charge is -2.31. The van der Waals surface area contributed by atoms with Gasteiger partial charge in [-0.15, -0.1) is 0 Å². The van der Waals surface area contributed by atoms with Gasteiger partial charge in [0.2, 0.25) is 0 Å². The van der Waals surface area contributed by atoms with Gasteiger partial charge >= 0.3 is 0 Å². The van der Waals surface area contributed by atoms with Gasteiger partial charge in [0.05, 0.1) is 6.33 Å². The summed E-state index contributed by atoms with van der Waals surface area (Å²) in [6, 6.07) is 14.7.